The zero-order valence-corrected chi connectivity index (χ0v) is 16.0. The first-order chi connectivity index (χ1) is 13.5. The molecule has 4 rings (SSSR count). The highest BCUT2D eigenvalue weighted by Gasteiger charge is 2.22. The van der Waals surface area contributed by atoms with Crippen LogP contribution < -0.4 is 10.2 Å². The SMILES string of the molecule is Cc1nc2ccc(NC(=O)c3cc([N+](=O)[O-])ccc3N3CCOCC3)cc2s1. The van der Waals surface area contributed by atoms with Crippen molar-refractivity contribution in [1.82, 2.24) is 4.98 Å². The molecule has 1 aliphatic heterocycles. The molecule has 0 aliphatic carbocycles. The van der Waals surface area contributed by atoms with Crippen LogP contribution in [0.25, 0.3) is 10.2 Å². The number of amides is 1. The Hall–Kier alpha value is -3.04. The smallest absolute Gasteiger partial charge is 0.270 e. The van der Waals surface area contributed by atoms with Crippen LogP contribution in [0.3, 0.4) is 0 Å². The van der Waals surface area contributed by atoms with E-state index in [0.29, 0.717) is 37.7 Å². The molecule has 0 radical (unpaired) electrons. The number of anilines is 2. The standard InChI is InChI=1S/C19H18N4O4S/c1-12-20-16-4-2-13(10-18(16)28-12)21-19(24)15-11-14(23(25)26)3-5-17(15)22-6-8-27-9-7-22/h2-5,10-11H,6-9H2,1H3,(H,21,24). The van der Waals surface area contributed by atoms with Crippen LogP contribution in [0.2, 0.25) is 0 Å². The minimum atomic E-state index is -0.494. The molecule has 1 aromatic heterocycles. The maximum Gasteiger partial charge on any atom is 0.270 e. The summed E-state index contributed by atoms with van der Waals surface area (Å²) in [7, 11) is 0. The molecule has 0 spiro atoms. The number of aromatic nitrogens is 1. The number of nitro groups is 1. The first-order valence-electron chi connectivity index (χ1n) is 8.81. The van der Waals surface area contributed by atoms with Gasteiger partial charge in [0.05, 0.1) is 44.6 Å². The molecular formula is C19H18N4O4S. The van der Waals surface area contributed by atoms with Gasteiger partial charge in [0.1, 0.15) is 0 Å². The van der Waals surface area contributed by atoms with Crippen molar-refractivity contribution < 1.29 is 14.5 Å². The molecule has 1 saturated heterocycles. The molecule has 28 heavy (non-hydrogen) atoms. The van der Waals surface area contributed by atoms with Crippen LogP contribution in [0, 0.1) is 17.0 Å². The predicted octanol–water partition coefficient (Wildman–Crippen LogP) is 3.60. The van der Waals surface area contributed by atoms with Gasteiger partial charge in [0.2, 0.25) is 0 Å². The van der Waals surface area contributed by atoms with E-state index in [1.54, 1.807) is 23.5 Å². The van der Waals surface area contributed by atoms with Crippen LogP contribution in [0.5, 0.6) is 0 Å². The average molecular weight is 398 g/mol. The fourth-order valence-electron chi connectivity index (χ4n) is 3.22. The Morgan fingerprint density at radius 3 is 2.79 bits per heavy atom. The molecule has 144 valence electrons. The Morgan fingerprint density at radius 2 is 2.04 bits per heavy atom. The largest absolute Gasteiger partial charge is 0.378 e. The van der Waals surface area contributed by atoms with Crippen molar-refractivity contribution >= 4 is 44.5 Å². The Morgan fingerprint density at radius 1 is 1.25 bits per heavy atom. The number of carbonyl (C=O) groups is 1. The topological polar surface area (TPSA) is 97.6 Å². The quantitative estimate of drug-likeness (QED) is 0.533. The van der Waals surface area contributed by atoms with E-state index in [4.69, 9.17) is 4.74 Å². The lowest BCUT2D eigenvalue weighted by atomic mass is 10.1. The Balaban J connectivity index is 1.67. The first kappa shape index (κ1) is 18.3. The molecule has 0 unspecified atom stereocenters. The molecule has 2 aromatic carbocycles. The van der Waals surface area contributed by atoms with Crippen molar-refractivity contribution in [3.63, 3.8) is 0 Å². The van der Waals surface area contributed by atoms with Crippen molar-refractivity contribution in [1.29, 1.82) is 0 Å². The molecule has 9 heteroatoms. The molecule has 2 heterocycles. The van der Waals surface area contributed by atoms with E-state index in [1.165, 1.54) is 12.1 Å². The van der Waals surface area contributed by atoms with Crippen LogP contribution >= 0.6 is 11.3 Å². The molecule has 3 aromatic rings. The van der Waals surface area contributed by atoms with Crippen molar-refractivity contribution in [3.8, 4) is 0 Å². The van der Waals surface area contributed by atoms with Crippen LogP contribution in [-0.2, 0) is 4.74 Å². The number of carbonyl (C=O) groups excluding carboxylic acids is 1. The molecule has 1 N–H and O–H groups in total. The van der Waals surface area contributed by atoms with E-state index in [-0.39, 0.29) is 17.2 Å². The molecule has 1 amide bonds. The number of hydrogen-bond acceptors (Lipinski definition) is 7. The molecule has 0 atom stereocenters. The van der Waals surface area contributed by atoms with E-state index >= 15 is 0 Å². The normalized spacial score (nSPS) is 14.2. The van der Waals surface area contributed by atoms with Crippen molar-refractivity contribution in [2.45, 2.75) is 6.92 Å². The summed E-state index contributed by atoms with van der Waals surface area (Å²) in [6, 6.07) is 9.89. The second-order valence-corrected chi connectivity index (χ2v) is 7.66. The number of nitrogens with one attached hydrogen (secondary N) is 1. The Bertz CT molecular complexity index is 1060. The predicted molar refractivity (Wildman–Crippen MR) is 108 cm³/mol. The maximum atomic E-state index is 13.0. The number of benzene rings is 2. The average Bonchev–Trinajstić information content (AvgIpc) is 3.07. The van der Waals surface area contributed by atoms with Crippen LogP contribution in [0.1, 0.15) is 15.4 Å². The second kappa shape index (κ2) is 7.53. The number of ether oxygens (including phenoxy) is 1. The van der Waals surface area contributed by atoms with E-state index in [9.17, 15) is 14.9 Å². The van der Waals surface area contributed by atoms with E-state index < -0.39 is 4.92 Å². The maximum absolute atomic E-state index is 13.0. The van der Waals surface area contributed by atoms with Gasteiger partial charge in [-0.2, -0.15) is 0 Å². The molecule has 0 saturated carbocycles. The molecular weight excluding hydrogens is 380 g/mol. The van der Waals surface area contributed by atoms with Gasteiger partial charge >= 0.3 is 0 Å². The lowest BCUT2D eigenvalue weighted by Gasteiger charge is -2.30. The third-order valence-corrected chi connectivity index (χ3v) is 5.47. The number of thiazole rings is 1. The third kappa shape index (κ3) is 3.67. The highest BCUT2D eigenvalue weighted by Crippen LogP contribution is 2.29. The summed E-state index contributed by atoms with van der Waals surface area (Å²) in [5.74, 6) is -0.384. The van der Waals surface area contributed by atoms with Gasteiger partial charge in [-0.25, -0.2) is 4.98 Å². The monoisotopic (exact) mass is 398 g/mol. The first-order valence-corrected chi connectivity index (χ1v) is 9.62. The van der Waals surface area contributed by atoms with Gasteiger partial charge in [-0.15, -0.1) is 11.3 Å². The summed E-state index contributed by atoms with van der Waals surface area (Å²) < 4.78 is 6.34. The van der Waals surface area contributed by atoms with Gasteiger partial charge in [0, 0.05) is 30.9 Å². The van der Waals surface area contributed by atoms with Gasteiger partial charge in [0.25, 0.3) is 11.6 Å². The molecule has 1 aliphatic rings. The minimum absolute atomic E-state index is 0.115. The van der Waals surface area contributed by atoms with Crippen molar-refractivity contribution in [3.05, 3.63) is 57.1 Å². The second-order valence-electron chi connectivity index (χ2n) is 6.43. The van der Waals surface area contributed by atoms with Gasteiger partial charge in [-0.3, -0.25) is 14.9 Å². The number of nitro benzene ring substituents is 1. The summed E-state index contributed by atoms with van der Waals surface area (Å²) in [6.07, 6.45) is 0. The number of nitrogens with zero attached hydrogens (tertiary/aromatic N) is 3. The van der Waals surface area contributed by atoms with Crippen LogP contribution in [-0.4, -0.2) is 42.1 Å². The van der Waals surface area contributed by atoms with Crippen LogP contribution in [0.4, 0.5) is 17.1 Å². The zero-order chi connectivity index (χ0) is 19.7. The van der Waals surface area contributed by atoms with Crippen molar-refractivity contribution in [2.24, 2.45) is 0 Å². The number of fused-ring (bicyclic) bond motifs is 1. The van der Waals surface area contributed by atoms with Crippen molar-refractivity contribution in [2.75, 3.05) is 36.5 Å². The Labute approximate surface area is 164 Å². The minimum Gasteiger partial charge on any atom is -0.378 e. The van der Waals surface area contributed by atoms with E-state index in [0.717, 1.165) is 15.2 Å². The highest BCUT2D eigenvalue weighted by molar-refractivity contribution is 7.18. The number of aryl methyl sites for hydroxylation is 1. The Kier molecular flexibility index (Phi) is 4.93. The zero-order valence-electron chi connectivity index (χ0n) is 15.2. The summed E-state index contributed by atoms with van der Waals surface area (Å²) >= 11 is 1.55. The van der Waals surface area contributed by atoms with E-state index in [2.05, 4.69) is 10.3 Å². The van der Waals surface area contributed by atoms with E-state index in [1.807, 2.05) is 24.0 Å². The highest BCUT2D eigenvalue weighted by atomic mass is 32.1. The molecule has 8 nitrogen and oxygen atoms in total. The lowest BCUT2D eigenvalue weighted by Crippen LogP contribution is -2.37. The summed E-state index contributed by atoms with van der Waals surface area (Å²) in [4.78, 5) is 30.1. The fourth-order valence-corrected chi connectivity index (χ4v) is 4.08. The van der Waals surface area contributed by atoms with Gasteiger partial charge in [0.15, 0.2) is 0 Å². The van der Waals surface area contributed by atoms with Gasteiger partial charge in [-0.1, -0.05) is 0 Å². The molecule has 0 bridgehead atoms. The molecule has 1 fully saturated rings. The number of rotatable bonds is 4. The number of hydrogen-bond donors (Lipinski definition) is 1. The fraction of sp³-hybridized carbons (Fsp3) is 0.263. The number of non-ortho nitro benzene ring substituents is 1. The van der Waals surface area contributed by atoms with Gasteiger partial charge < -0.3 is 15.0 Å². The summed E-state index contributed by atoms with van der Waals surface area (Å²) in [6.45, 7) is 4.30. The number of morpholine rings is 1. The van der Waals surface area contributed by atoms with Crippen LogP contribution in [0.15, 0.2) is 36.4 Å². The summed E-state index contributed by atoms with van der Waals surface area (Å²) in [5, 5.41) is 15.0. The third-order valence-electron chi connectivity index (χ3n) is 4.54. The van der Waals surface area contributed by atoms with Gasteiger partial charge in [-0.05, 0) is 31.2 Å². The summed E-state index contributed by atoms with van der Waals surface area (Å²) in [5.41, 5.74) is 2.33. The lowest BCUT2D eigenvalue weighted by molar-refractivity contribution is -0.384.